The van der Waals surface area contributed by atoms with Crippen LogP contribution in [0, 0.1) is 0 Å². The summed E-state index contributed by atoms with van der Waals surface area (Å²) in [4.78, 5) is 2.70. The Bertz CT molecular complexity index is 1340. The standard InChI is InChI=1S/C21H17F7N2O3S/c22-19(34(32,33)14-3-1-2-12(10-14)20(23,24)25)8-6-13(7-9-19)30-11-16-15(18(30)31)4-5-17(29-16)21(26,27)28/h1-5,10-11,13,31H,6-9H2. The molecule has 0 atom stereocenters. The fourth-order valence-electron chi connectivity index (χ4n) is 4.16. The van der Waals surface area contributed by atoms with E-state index in [1.54, 1.807) is 0 Å². The second-order valence-electron chi connectivity index (χ2n) is 8.13. The highest BCUT2D eigenvalue weighted by Crippen LogP contribution is 2.46. The van der Waals surface area contributed by atoms with Crippen molar-refractivity contribution in [1.82, 2.24) is 9.55 Å². The van der Waals surface area contributed by atoms with E-state index in [4.69, 9.17) is 0 Å². The molecule has 1 N–H and O–H groups in total. The van der Waals surface area contributed by atoms with Gasteiger partial charge in [0.1, 0.15) is 5.69 Å². The quantitative estimate of drug-likeness (QED) is 0.437. The third-order valence-corrected chi connectivity index (χ3v) is 8.26. The average Bonchev–Trinajstić information content (AvgIpc) is 3.09. The maximum Gasteiger partial charge on any atom is 0.433 e. The Morgan fingerprint density at radius 3 is 2.24 bits per heavy atom. The fourth-order valence-corrected chi connectivity index (χ4v) is 5.90. The predicted octanol–water partition coefficient (Wildman–Crippen LogP) is 6.03. The first-order chi connectivity index (χ1) is 15.6. The zero-order chi connectivity index (χ0) is 25.1. The van der Waals surface area contributed by atoms with Crippen LogP contribution in [-0.2, 0) is 22.2 Å². The molecule has 1 fully saturated rings. The van der Waals surface area contributed by atoms with Crippen LogP contribution >= 0.6 is 0 Å². The van der Waals surface area contributed by atoms with Crippen LogP contribution in [-0.4, -0.2) is 28.1 Å². The molecule has 1 aliphatic rings. The number of alkyl halides is 7. The number of fused-ring (bicyclic) bond motifs is 1. The summed E-state index contributed by atoms with van der Waals surface area (Å²) in [7, 11) is -4.78. The van der Waals surface area contributed by atoms with Gasteiger partial charge >= 0.3 is 12.4 Å². The molecule has 0 bridgehead atoms. The van der Waals surface area contributed by atoms with Crippen LogP contribution in [0.4, 0.5) is 30.7 Å². The minimum absolute atomic E-state index is 0.0432. The van der Waals surface area contributed by atoms with Gasteiger partial charge in [0.15, 0.2) is 0 Å². The molecule has 1 saturated carbocycles. The lowest BCUT2D eigenvalue weighted by Crippen LogP contribution is -2.38. The monoisotopic (exact) mass is 510 g/mol. The summed E-state index contributed by atoms with van der Waals surface area (Å²) < 4.78 is 120. The number of hydrogen-bond acceptors (Lipinski definition) is 4. The Hall–Kier alpha value is -2.83. The Morgan fingerprint density at radius 2 is 1.65 bits per heavy atom. The van der Waals surface area contributed by atoms with E-state index in [-0.39, 0.29) is 23.7 Å². The van der Waals surface area contributed by atoms with Gasteiger partial charge in [-0.1, -0.05) is 6.07 Å². The van der Waals surface area contributed by atoms with Crippen LogP contribution in [0.3, 0.4) is 0 Å². The summed E-state index contributed by atoms with van der Waals surface area (Å²) in [5, 5.41) is 7.64. The number of aromatic nitrogens is 2. The molecule has 2 aromatic heterocycles. The van der Waals surface area contributed by atoms with Crippen LogP contribution in [0.2, 0.25) is 0 Å². The zero-order valence-electron chi connectivity index (χ0n) is 17.2. The predicted molar refractivity (Wildman–Crippen MR) is 106 cm³/mol. The smallest absolute Gasteiger partial charge is 0.433 e. The molecule has 0 saturated heterocycles. The molecule has 3 aromatic rings. The van der Waals surface area contributed by atoms with Crippen LogP contribution in [0.25, 0.3) is 10.9 Å². The largest absolute Gasteiger partial charge is 0.494 e. The van der Waals surface area contributed by atoms with E-state index in [9.17, 15) is 39.9 Å². The Morgan fingerprint density at radius 1 is 1.00 bits per heavy atom. The van der Waals surface area contributed by atoms with E-state index in [0.29, 0.717) is 18.2 Å². The van der Waals surface area contributed by atoms with Crippen molar-refractivity contribution in [1.29, 1.82) is 0 Å². The summed E-state index contributed by atoms with van der Waals surface area (Å²) in [6.07, 6.45) is -9.73. The number of pyridine rings is 1. The lowest BCUT2D eigenvalue weighted by atomic mass is 9.93. The van der Waals surface area contributed by atoms with Gasteiger partial charge in [-0.05, 0) is 56.0 Å². The number of sulfone groups is 1. The van der Waals surface area contributed by atoms with Gasteiger partial charge in [-0.15, -0.1) is 0 Å². The van der Waals surface area contributed by atoms with Gasteiger partial charge in [0.25, 0.3) is 0 Å². The van der Waals surface area contributed by atoms with Crippen LogP contribution in [0.5, 0.6) is 5.88 Å². The summed E-state index contributed by atoms with van der Waals surface area (Å²) in [6.45, 7) is 0. The first-order valence-corrected chi connectivity index (χ1v) is 11.5. The highest BCUT2D eigenvalue weighted by atomic mass is 32.2. The fraction of sp³-hybridized carbons (Fsp3) is 0.381. The molecule has 0 amide bonds. The van der Waals surface area contributed by atoms with E-state index < -0.39 is 68.1 Å². The van der Waals surface area contributed by atoms with Crippen molar-refractivity contribution in [3.63, 3.8) is 0 Å². The number of aromatic hydroxyl groups is 1. The van der Waals surface area contributed by atoms with Crippen LogP contribution < -0.4 is 0 Å². The Kier molecular flexibility index (Phi) is 5.61. The van der Waals surface area contributed by atoms with Crippen molar-refractivity contribution in [3.8, 4) is 5.88 Å². The van der Waals surface area contributed by atoms with Crippen molar-refractivity contribution >= 4 is 20.7 Å². The highest BCUT2D eigenvalue weighted by Gasteiger charge is 2.48. The third-order valence-electron chi connectivity index (χ3n) is 6.01. The van der Waals surface area contributed by atoms with Gasteiger partial charge in [0.2, 0.25) is 20.7 Å². The second-order valence-corrected chi connectivity index (χ2v) is 10.3. The molecule has 0 aliphatic heterocycles. The SMILES string of the molecule is O=S(=O)(c1cccc(C(F)(F)F)c1)C1(F)CCC(n2cc3nc(C(F)(F)F)ccc3c2O)CC1. The molecule has 5 nitrogen and oxygen atoms in total. The molecular formula is C21H17F7N2O3S. The second kappa shape index (κ2) is 7.85. The molecule has 0 spiro atoms. The molecule has 34 heavy (non-hydrogen) atoms. The summed E-state index contributed by atoms with van der Waals surface area (Å²) in [5.41, 5.74) is -2.52. The van der Waals surface area contributed by atoms with Gasteiger partial charge in [0.05, 0.1) is 21.4 Å². The van der Waals surface area contributed by atoms with Crippen molar-refractivity contribution in [3.05, 3.63) is 53.9 Å². The Balaban J connectivity index is 1.59. The molecule has 13 heteroatoms. The van der Waals surface area contributed by atoms with Gasteiger partial charge in [-0.25, -0.2) is 17.8 Å². The first-order valence-electron chi connectivity index (χ1n) is 10.0. The van der Waals surface area contributed by atoms with E-state index in [2.05, 4.69) is 4.98 Å². The summed E-state index contributed by atoms with van der Waals surface area (Å²) in [5.74, 6) is -0.395. The van der Waals surface area contributed by atoms with Crippen molar-refractivity contribution in [2.75, 3.05) is 0 Å². The molecule has 1 aromatic carbocycles. The highest BCUT2D eigenvalue weighted by molar-refractivity contribution is 7.92. The minimum Gasteiger partial charge on any atom is -0.494 e. The van der Waals surface area contributed by atoms with E-state index in [1.165, 1.54) is 10.8 Å². The third kappa shape index (κ3) is 4.10. The topological polar surface area (TPSA) is 72.2 Å². The van der Waals surface area contributed by atoms with Crippen molar-refractivity contribution in [2.45, 2.75) is 54.0 Å². The molecule has 0 unspecified atom stereocenters. The van der Waals surface area contributed by atoms with Crippen molar-refractivity contribution in [2.24, 2.45) is 0 Å². The molecule has 0 radical (unpaired) electrons. The zero-order valence-corrected chi connectivity index (χ0v) is 18.0. The summed E-state index contributed by atoms with van der Waals surface area (Å²) >= 11 is 0. The van der Waals surface area contributed by atoms with E-state index in [1.807, 2.05) is 0 Å². The normalized spacial score (nSPS) is 22.3. The molecule has 2 heterocycles. The number of rotatable bonds is 3. The van der Waals surface area contributed by atoms with Gasteiger partial charge in [-0.3, -0.25) is 0 Å². The Labute approximate surface area is 188 Å². The van der Waals surface area contributed by atoms with Gasteiger partial charge in [-0.2, -0.15) is 26.3 Å². The van der Waals surface area contributed by atoms with Gasteiger partial charge in [0, 0.05) is 12.2 Å². The van der Waals surface area contributed by atoms with Gasteiger partial charge < -0.3 is 9.67 Å². The van der Waals surface area contributed by atoms with Crippen LogP contribution in [0.1, 0.15) is 43.0 Å². The van der Waals surface area contributed by atoms with E-state index in [0.717, 1.165) is 18.2 Å². The van der Waals surface area contributed by atoms with Crippen molar-refractivity contribution < 1.29 is 44.3 Å². The maximum atomic E-state index is 15.6. The summed E-state index contributed by atoms with van der Waals surface area (Å²) in [6, 6.07) is 3.96. The first kappa shape index (κ1) is 24.3. The molecular weight excluding hydrogens is 493 g/mol. The minimum atomic E-state index is -4.80. The van der Waals surface area contributed by atoms with Crippen LogP contribution in [0.15, 0.2) is 47.5 Å². The number of nitrogens with zero attached hydrogens (tertiary/aromatic N) is 2. The average molecular weight is 510 g/mol. The lowest BCUT2D eigenvalue weighted by Gasteiger charge is -2.34. The number of halogens is 7. The van der Waals surface area contributed by atoms with E-state index >= 15 is 4.39 Å². The molecule has 4 rings (SSSR count). The lowest BCUT2D eigenvalue weighted by molar-refractivity contribution is -0.141. The molecule has 1 aliphatic carbocycles. The number of benzene rings is 1. The maximum absolute atomic E-state index is 15.6. The number of hydrogen-bond donors (Lipinski definition) is 1. The molecule has 184 valence electrons.